The quantitative estimate of drug-likeness (QED) is 0.0675. The van der Waals surface area contributed by atoms with Crippen LogP contribution in [-0.4, -0.2) is 101 Å². The molecular weight excluding hydrogens is 906 g/mol. The predicted octanol–water partition coefficient (Wildman–Crippen LogP) is 6.59. The fourth-order valence-corrected chi connectivity index (χ4v) is 10.4. The molecule has 17 heteroatoms. The molecule has 1 saturated carbocycles. The Balaban J connectivity index is 0.894. The molecular formula is C51H62ClN7O8S. The summed E-state index contributed by atoms with van der Waals surface area (Å²) in [4.78, 5) is 73.5. The third-order valence-corrected chi connectivity index (χ3v) is 14.1. The van der Waals surface area contributed by atoms with E-state index in [0.717, 1.165) is 21.7 Å². The Labute approximate surface area is 407 Å². The lowest BCUT2D eigenvalue weighted by Gasteiger charge is -2.63. The fraction of sp³-hybridized carbons (Fsp3) is 0.471. The third kappa shape index (κ3) is 12.0. The summed E-state index contributed by atoms with van der Waals surface area (Å²) >= 11 is 7.79. The number of benzene rings is 3. The summed E-state index contributed by atoms with van der Waals surface area (Å²) in [5.41, 5.74) is 4.26. The van der Waals surface area contributed by atoms with Gasteiger partial charge in [0.2, 0.25) is 17.7 Å². The molecule has 2 aliphatic rings. The van der Waals surface area contributed by atoms with Gasteiger partial charge in [-0.1, -0.05) is 84.3 Å². The van der Waals surface area contributed by atoms with Crippen LogP contribution in [0.25, 0.3) is 10.4 Å². The number of ether oxygens (including phenoxy) is 2. The van der Waals surface area contributed by atoms with Crippen molar-refractivity contribution in [2.24, 2.45) is 16.2 Å². The molecule has 15 nitrogen and oxygen atoms in total. The van der Waals surface area contributed by atoms with Crippen LogP contribution in [0.1, 0.15) is 105 Å². The largest absolute Gasteiger partial charge is 0.489 e. The Morgan fingerprint density at radius 3 is 2.22 bits per heavy atom. The van der Waals surface area contributed by atoms with Crippen molar-refractivity contribution in [1.29, 1.82) is 5.26 Å². The molecule has 4 aromatic rings. The molecule has 0 bridgehead atoms. The first-order valence-electron chi connectivity index (χ1n) is 22.8. The number of unbranched alkanes of at least 4 members (excludes halogenated alkanes) is 1. The van der Waals surface area contributed by atoms with Crippen LogP contribution in [0.15, 0.2) is 72.2 Å². The molecule has 1 aliphatic carbocycles. The normalized spacial score (nSPS) is 19.8. The van der Waals surface area contributed by atoms with Crippen molar-refractivity contribution in [3.8, 4) is 22.3 Å². The van der Waals surface area contributed by atoms with Crippen LogP contribution in [-0.2, 0) is 25.7 Å². The number of rotatable bonds is 18. The molecule has 1 aromatic heterocycles. The second-order valence-corrected chi connectivity index (χ2v) is 21.1. The van der Waals surface area contributed by atoms with Crippen LogP contribution in [0.4, 0.5) is 0 Å². The van der Waals surface area contributed by atoms with Gasteiger partial charge in [-0.05, 0) is 72.7 Å². The van der Waals surface area contributed by atoms with E-state index >= 15 is 0 Å². The van der Waals surface area contributed by atoms with Gasteiger partial charge in [0.1, 0.15) is 36.6 Å². The molecule has 5 N–H and O–H groups in total. The van der Waals surface area contributed by atoms with E-state index in [1.807, 2.05) is 85.7 Å². The summed E-state index contributed by atoms with van der Waals surface area (Å²) in [6, 6.07) is 19.2. The second-order valence-electron chi connectivity index (χ2n) is 19.8. The van der Waals surface area contributed by atoms with E-state index in [-0.39, 0.29) is 62.6 Å². The van der Waals surface area contributed by atoms with Gasteiger partial charge in [-0.15, -0.1) is 11.3 Å². The summed E-state index contributed by atoms with van der Waals surface area (Å²) in [5, 5.41) is 31.8. The molecule has 3 aromatic carbocycles. The number of aromatic nitrogens is 1. The maximum Gasteiger partial charge on any atom is 0.251 e. The number of aliphatic hydroxyl groups is 1. The number of hydrogen-bond donors (Lipinski definition) is 5. The van der Waals surface area contributed by atoms with Gasteiger partial charge in [0.05, 0.1) is 32.8 Å². The Hall–Kier alpha value is -5.86. The van der Waals surface area contributed by atoms with E-state index in [0.29, 0.717) is 46.8 Å². The first-order chi connectivity index (χ1) is 32.1. The van der Waals surface area contributed by atoms with Gasteiger partial charge in [0, 0.05) is 66.7 Å². The van der Waals surface area contributed by atoms with Crippen LogP contribution >= 0.6 is 22.9 Å². The van der Waals surface area contributed by atoms with Gasteiger partial charge < -0.3 is 40.7 Å². The summed E-state index contributed by atoms with van der Waals surface area (Å²) < 4.78 is 11.9. The molecule has 2 heterocycles. The smallest absolute Gasteiger partial charge is 0.251 e. The van der Waals surface area contributed by atoms with Crippen LogP contribution in [0.3, 0.4) is 0 Å². The number of aliphatic hydroxyl groups excluding tert-OH is 1. The summed E-state index contributed by atoms with van der Waals surface area (Å²) in [5.74, 6) is -1.36. The molecule has 5 amide bonds. The fourth-order valence-electron chi connectivity index (χ4n) is 9.36. The number of β-amino-alcohol motifs (C(OH)–C–C–N with tert-alkyl or cyclic N) is 1. The molecule has 68 heavy (non-hydrogen) atoms. The average molecular weight is 969 g/mol. The number of likely N-dealkylation sites (tertiary alicyclic amines) is 1. The van der Waals surface area contributed by atoms with E-state index in [1.54, 1.807) is 59.3 Å². The van der Waals surface area contributed by atoms with Crippen LogP contribution in [0.2, 0.25) is 5.02 Å². The van der Waals surface area contributed by atoms with Crippen molar-refractivity contribution < 1.29 is 38.6 Å². The van der Waals surface area contributed by atoms with Crippen molar-refractivity contribution in [3.63, 3.8) is 0 Å². The monoisotopic (exact) mass is 967 g/mol. The maximum atomic E-state index is 14.0. The summed E-state index contributed by atoms with van der Waals surface area (Å²) in [6.07, 6.45) is 0.0658. The predicted molar refractivity (Wildman–Crippen MR) is 260 cm³/mol. The van der Waals surface area contributed by atoms with Gasteiger partial charge >= 0.3 is 0 Å². The van der Waals surface area contributed by atoms with E-state index in [4.69, 9.17) is 21.1 Å². The second kappa shape index (κ2) is 21.6. The highest BCUT2D eigenvalue weighted by molar-refractivity contribution is 7.13. The SMILES string of the molecule is Cc1ncsc1-c1ccc(CNC(=O)[C@@H]2C[C@@H](O)CN2C(=O)C(NC(=O)COCCCCNC(=O)c2ccc(C(=O)N[C@H]3C(C)(C)[C@H](Oc4ccc(C#N)c(Cl)c4)C3(C)C)cc2)C(C)(C)C)cc1. The number of nitrogens with one attached hydrogen (secondary N) is 4. The minimum atomic E-state index is -0.988. The zero-order chi connectivity index (χ0) is 49.6. The lowest BCUT2D eigenvalue weighted by Crippen LogP contribution is -2.74. The highest BCUT2D eigenvalue weighted by Crippen LogP contribution is 2.55. The van der Waals surface area contributed by atoms with Crippen molar-refractivity contribution >= 4 is 52.5 Å². The minimum absolute atomic E-state index is 0.0340. The topological polar surface area (TPSA) is 212 Å². The van der Waals surface area contributed by atoms with Crippen LogP contribution < -0.4 is 26.0 Å². The van der Waals surface area contributed by atoms with Gasteiger partial charge in [0.25, 0.3) is 11.8 Å². The molecule has 3 atom stereocenters. The molecule has 362 valence electrons. The van der Waals surface area contributed by atoms with Crippen molar-refractivity contribution in [2.75, 3.05) is 26.3 Å². The van der Waals surface area contributed by atoms with Gasteiger partial charge in [-0.2, -0.15) is 5.26 Å². The molecule has 6 rings (SSSR count). The average Bonchev–Trinajstić information content (AvgIpc) is 3.92. The van der Waals surface area contributed by atoms with Gasteiger partial charge in [-0.25, -0.2) is 4.98 Å². The van der Waals surface area contributed by atoms with Gasteiger partial charge in [0.15, 0.2) is 0 Å². The molecule has 1 saturated heterocycles. The number of amides is 5. The number of halogens is 1. The Morgan fingerprint density at radius 1 is 0.956 bits per heavy atom. The van der Waals surface area contributed by atoms with E-state index < -0.39 is 46.2 Å². The summed E-state index contributed by atoms with van der Waals surface area (Å²) in [7, 11) is 0. The zero-order valence-corrected chi connectivity index (χ0v) is 41.5. The van der Waals surface area contributed by atoms with Crippen molar-refractivity contribution in [2.45, 2.75) is 112 Å². The molecule has 0 spiro atoms. The first kappa shape index (κ1) is 51.5. The molecule has 1 aliphatic heterocycles. The summed E-state index contributed by atoms with van der Waals surface area (Å²) in [6.45, 7) is 16.0. The first-order valence-corrected chi connectivity index (χ1v) is 24.1. The number of carbonyl (C=O) groups excluding carboxylic acids is 5. The minimum Gasteiger partial charge on any atom is -0.489 e. The number of aryl methyl sites for hydroxylation is 1. The zero-order valence-electron chi connectivity index (χ0n) is 39.9. The Kier molecular flexibility index (Phi) is 16.4. The molecule has 1 unspecified atom stereocenters. The number of nitriles is 1. The van der Waals surface area contributed by atoms with E-state index in [1.165, 1.54) is 4.90 Å². The van der Waals surface area contributed by atoms with Crippen LogP contribution in [0.5, 0.6) is 5.75 Å². The standard InChI is InChI=1S/C51H62ClN7O8S/c1-30-41(68-29-56-30)32-13-11-31(12-14-32)26-55-45(64)39-23-36(60)27-59(39)46(65)42(49(2,3)4)57-40(61)28-66-22-10-9-21-54-43(62)33-15-17-34(18-16-33)44(63)58-47-50(5,6)48(51(47,7)8)67-37-20-19-35(25-53)38(52)24-37/h11-20,24,29,36,39,42,47-48,60H,9-10,21-23,26-28H2,1-8H3,(H,54,62)(H,55,64)(H,57,61)(H,58,63)/t36-,39+,42?,47-,48-/m1/s1. The Bertz CT molecular complexity index is 2500. The van der Waals surface area contributed by atoms with Gasteiger partial charge in [-0.3, -0.25) is 24.0 Å². The highest BCUT2D eigenvalue weighted by atomic mass is 35.5. The van der Waals surface area contributed by atoms with Crippen molar-refractivity contribution in [1.82, 2.24) is 31.2 Å². The lowest BCUT2D eigenvalue weighted by atomic mass is 9.49. The Morgan fingerprint density at radius 2 is 1.62 bits per heavy atom. The number of hydrogen-bond acceptors (Lipinski definition) is 11. The van der Waals surface area contributed by atoms with Crippen molar-refractivity contribution in [3.05, 3.63) is 105 Å². The van der Waals surface area contributed by atoms with E-state index in [9.17, 15) is 34.3 Å². The maximum absolute atomic E-state index is 14.0. The number of nitrogens with zero attached hydrogens (tertiary/aromatic N) is 3. The van der Waals surface area contributed by atoms with Crippen LogP contribution in [0, 0.1) is 34.5 Å². The van der Waals surface area contributed by atoms with E-state index in [2.05, 4.69) is 26.3 Å². The molecule has 2 fully saturated rings. The molecule has 0 radical (unpaired) electrons. The highest BCUT2D eigenvalue weighted by Gasteiger charge is 2.64. The third-order valence-electron chi connectivity index (χ3n) is 12.8. The number of carbonyl (C=O) groups is 5. The number of thiazole rings is 1. The lowest BCUT2D eigenvalue weighted by molar-refractivity contribution is -0.164.